The van der Waals surface area contributed by atoms with Crippen LogP contribution in [0.4, 0.5) is 0 Å². The number of aryl methyl sites for hydroxylation is 2. The summed E-state index contributed by atoms with van der Waals surface area (Å²) in [6, 6.07) is 9.64. The second-order valence-electron chi connectivity index (χ2n) is 3.91. The monoisotopic (exact) mass is 252 g/mol. The third-order valence-electron chi connectivity index (χ3n) is 2.41. The van der Waals surface area contributed by atoms with Gasteiger partial charge in [-0.15, -0.1) is 11.3 Å². The van der Waals surface area contributed by atoms with E-state index in [1.54, 1.807) is 11.3 Å². The van der Waals surface area contributed by atoms with Crippen molar-refractivity contribution in [2.75, 3.05) is 0 Å². The molecule has 0 radical (unpaired) electrons. The molecule has 0 saturated carbocycles. The molecule has 0 bridgehead atoms. The van der Waals surface area contributed by atoms with Gasteiger partial charge in [-0.2, -0.15) is 0 Å². The SMILES string of the molecule is Cc1cc(Cl)cc(C(O)c2ccc(C)s2)c1. The Kier molecular flexibility index (Phi) is 3.33. The molecule has 0 spiro atoms. The van der Waals surface area contributed by atoms with Gasteiger partial charge in [-0.25, -0.2) is 0 Å². The van der Waals surface area contributed by atoms with Gasteiger partial charge in [0, 0.05) is 14.8 Å². The van der Waals surface area contributed by atoms with Crippen LogP contribution in [-0.2, 0) is 0 Å². The van der Waals surface area contributed by atoms with E-state index in [2.05, 4.69) is 0 Å². The minimum atomic E-state index is -0.573. The summed E-state index contributed by atoms with van der Waals surface area (Å²) >= 11 is 7.59. The zero-order valence-corrected chi connectivity index (χ0v) is 10.8. The van der Waals surface area contributed by atoms with Crippen molar-refractivity contribution in [3.63, 3.8) is 0 Å². The molecular weight excluding hydrogens is 240 g/mol. The van der Waals surface area contributed by atoms with Crippen LogP contribution < -0.4 is 0 Å². The molecule has 0 amide bonds. The summed E-state index contributed by atoms with van der Waals surface area (Å²) in [6.45, 7) is 4.01. The van der Waals surface area contributed by atoms with Crippen LogP contribution in [0, 0.1) is 13.8 Å². The van der Waals surface area contributed by atoms with Gasteiger partial charge in [0.1, 0.15) is 6.10 Å². The van der Waals surface area contributed by atoms with Crippen molar-refractivity contribution in [1.82, 2.24) is 0 Å². The van der Waals surface area contributed by atoms with Crippen molar-refractivity contribution >= 4 is 22.9 Å². The maximum absolute atomic E-state index is 10.2. The maximum atomic E-state index is 10.2. The average Bonchev–Trinajstić information content (AvgIpc) is 2.62. The van der Waals surface area contributed by atoms with Gasteiger partial charge in [0.25, 0.3) is 0 Å². The highest BCUT2D eigenvalue weighted by molar-refractivity contribution is 7.12. The molecule has 16 heavy (non-hydrogen) atoms. The summed E-state index contributed by atoms with van der Waals surface area (Å²) in [5.41, 5.74) is 1.92. The molecule has 3 heteroatoms. The van der Waals surface area contributed by atoms with E-state index < -0.39 is 6.10 Å². The van der Waals surface area contributed by atoms with E-state index in [1.165, 1.54) is 4.88 Å². The normalized spacial score (nSPS) is 12.8. The Morgan fingerprint density at radius 3 is 2.50 bits per heavy atom. The lowest BCUT2D eigenvalue weighted by Crippen LogP contribution is -1.97. The first-order valence-electron chi connectivity index (χ1n) is 5.08. The van der Waals surface area contributed by atoms with Crippen LogP contribution in [0.1, 0.15) is 27.0 Å². The number of rotatable bonds is 2. The first-order valence-corrected chi connectivity index (χ1v) is 6.27. The highest BCUT2D eigenvalue weighted by atomic mass is 35.5. The van der Waals surface area contributed by atoms with Gasteiger partial charge in [-0.3, -0.25) is 0 Å². The van der Waals surface area contributed by atoms with Crippen LogP contribution in [-0.4, -0.2) is 5.11 Å². The molecule has 0 saturated heterocycles. The Labute approximate surface area is 104 Å². The van der Waals surface area contributed by atoms with Crippen LogP contribution in [0.25, 0.3) is 0 Å². The third kappa shape index (κ3) is 2.46. The fourth-order valence-corrected chi connectivity index (χ4v) is 2.88. The van der Waals surface area contributed by atoms with Crippen molar-refractivity contribution in [1.29, 1.82) is 0 Å². The maximum Gasteiger partial charge on any atom is 0.113 e. The Morgan fingerprint density at radius 2 is 1.94 bits per heavy atom. The van der Waals surface area contributed by atoms with Gasteiger partial charge < -0.3 is 5.11 Å². The van der Waals surface area contributed by atoms with E-state index in [-0.39, 0.29) is 0 Å². The lowest BCUT2D eigenvalue weighted by molar-refractivity contribution is 0.224. The fourth-order valence-electron chi connectivity index (χ4n) is 1.69. The second kappa shape index (κ2) is 4.58. The fraction of sp³-hybridized carbons (Fsp3) is 0.231. The van der Waals surface area contributed by atoms with Gasteiger partial charge in [0.05, 0.1) is 0 Å². The molecule has 1 unspecified atom stereocenters. The summed E-state index contributed by atoms with van der Waals surface area (Å²) < 4.78 is 0. The number of aliphatic hydroxyl groups is 1. The number of hydrogen-bond acceptors (Lipinski definition) is 2. The largest absolute Gasteiger partial charge is 0.383 e. The molecule has 0 aliphatic rings. The van der Waals surface area contributed by atoms with Crippen LogP contribution in [0.15, 0.2) is 30.3 Å². The van der Waals surface area contributed by atoms with Gasteiger partial charge in [-0.05, 0) is 49.2 Å². The molecule has 2 rings (SSSR count). The minimum absolute atomic E-state index is 0.573. The molecule has 1 heterocycles. The highest BCUT2D eigenvalue weighted by Gasteiger charge is 2.13. The summed E-state index contributed by atoms with van der Waals surface area (Å²) in [6.07, 6.45) is -0.573. The van der Waals surface area contributed by atoms with E-state index in [0.717, 1.165) is 16.0 Å². The van der Waals surface area contributed by atoms with Gasteiger partial charge >= 0.3 is 0 Å². The Morgan fingerprint density at radius 1 is 1.19 bits per heavy atom. The van der Waals surface area contributed by atoms with E-state index >= 15 is 0 Å². The molecule has 1 aromatic carbocycles. The quantitative estimate of drug-likeness (QED) is 0.853. The Balaban J connectivity index is 2.37. The molecule has 0 aliphatic heterocycles. The molecule has 2 aromatic rings. The molecule has 1 atom stereocenters. The molecule has 1 N–H and O–H groups in total. The van der Waals surface area contributed by atoms with Crippen molar-refractivity contribution in [3.05, 3.63) is 56.2 Å². The minimum Gasteiger partial charge on any atom is -0.383 e. The van der Waals surface area contributed by atoms with E-state index in [9.17, 15) is 5.11 Å². The molecule has 1 aromatic heterocycles. The summed E-state index contributed by atoms with van der Waals surface area (Å²) in [5.74, 6) is 0. The van der Waals surface area contributed by atoms with E-state index in [1.807, 2.05) is 44.2 Å². The summed E-state index contributed by atoms with van der Waals surface area (Å²) in [7, 11) is 0. The van der Waals surface area contributed by atoms with Crippen molar-refractivity contribution in [2.45, 2.75) is 20.0 Å². The second-order valence-corrected chi connectivity index (χ2v) is 5.67. The lowest BCUT2D eigenvalue weighted by atomic mass is 10.1. The smallest absolute Gasteiger partial charge is 0.113 e. The van der Waals surface area contributed by atoms with E-state index in [0.29, 0.717) is 5.02 Å². The first-order chi connectivity index (χ1) is 7.56. The average molecular weight is 253 g/mol. The van der Waals surface area contributed by atoms with Gasteiger partial charge in [0.2, 0.25) is 0 Å². The predicted octanol–water partition coefficient (Wildman–Crippen LogP) is 4.10. The summed E-state index contributed by atoms with van der Waals surface area (Å²) in [4.78, 5) is 2.16. The van der Waals surface area contributed by atoms with Crippen molar-refractivity contribution in [2.24, 2.45) is 0 Å². The zero-order valence-electron chi connectivity index (χ0n) is 9.20. The van der Waals surface area contributed by atoms with Crippen LogP contribution in [0.3, 0.4) is 0 Å². The van der Waals surface area contributed by atoms with E-state index in [4.69, 9.17) is 11.6 Å². The molecular formula is C13H13ClOS. The number of benzene rings is 1. The first kappa shape index (κ1) is 11.6. The van der Waals surface area contributed by atoms with Crippen molar-refractivity contribution < 1.29 is 5.11 Å². The number of aliphatic hydroxyl groups excluding tert-OH is 1. The number of thiophene rings is 1. The Hall–Kier alpha value is -0.830. The number of hydrogen-bond donors (Lipinski definition) is 1. The number of halogens is 1. The zero-order chi connectivity index (χ0) is 11.7. The molecule has 1 nitrogen and oxygen atoms in total. The highest BCUT2D eigenvalue weighted by Crippen LogP contribution is 2.30. The molecule has 84 valence electrons. The van der Waals surface area contributed by atoms with Crippen LogP contribution in [0.5, 0.6) is 0 Å². The van der Waals surface area contributed by atoms with Gasteiger partial charge in [-0.1, -0.05) is 17.7 Å². The lowest BCUT2D eigenvalue weighted by Gasteiger charge is -2.10. The Bertz CT molecular complexity index is 484. The third-order valence-corrected chi connectivity index (χ3v) is 3.68. The summed E-state index contributed by atoms with van der Waals surface area (Å²) in [5, 5.41) is 10.9. The van der Waals surface area contributed by atoms with Crippen LogP contribution >= 0.6 is 22.9 Å². The molecule has 0 aliphatic carbocycles. The van der Waals surface area contributed by atoms with Gasteiger partial charge in [0.15, 0.2) is 0 Å². The standard InChI is InChI=1S/C13H13ClOS/c1-8-5-10(7-11(14)6-8)13(15)12-4-3-9(2)16-12/h3-7,13,15H,1-2H3. The predicted molar refractivity (Wildman–Crippen MR) is 69.3 cm³/mol. The van der Waals surface area contributed by atoms with Crippen LogP contribution in [0.2, 0.25) is 5.02 Å². The van der Waals surface area contributed by atoms with Crippen molar-refractivity contribution in [3.8, 4) is 0 Å². The molecule has 0 fully saturated rings. The topological polar surface area (TPSA) is 20.2 Å².